The first-order valence-electron chi connectivity index (χ1n) is 9.21. The van der Waals surface area contributed by atoms with Gasteiger partial charge < -0.3 is 25.2 Å². The van der Waals surface area contributed by atoms with Crippen molar-refractivity contribution in [3.63, 3.8) is 0 Å². The molecule has 2 aromatic rings. The number of carboxylic acid groups (broad SMARTS) is 1. The molecule has 0 unspecified atom stereocenters. The van der Waals surface area contributed by atoms with Crippen LogP contribution in [-0.2, 0) is 20.9 Å². The maximum absolute atomic E-state index is 12.7. The van der Waals surface area contributed by atoms with Gasteiger partial charge in [-0.15, -0.1) is 0 Å². The van der Waals surface area contributed by atoms with Gasteiger partial charge in [0.25, 0.3) is 11.8 Å². The smallest absolute Gasteiger partial charge is 0.548 e. The molecule has 2 amide bonds. The summed E-state index contributed by atoms with van der Waals surface area (Å²) in [5, 5.41) is 22.8. The maximum atomic E-state index is 12.7. The Morgan fingerprint density at radius 2 is 1.70 bits per heavy atom. The quantitative estimate of drug-likeness (QED) is 0.419. The Bertz CT molecular complexity index is 957. The second-order valence-corrected chi connectivity index (χ2v) is 6.96. The normalized spacial score (nSPS) is 16.1. The summed E-state index contributed by atoms with van der Waals surface area (Å²) in [6.45, 7) is 1.47. The molecule has 0 bridgehead atoms. The number of rotatable bonds is 6. The van der Waals surface area contributed by atoms with E-state index in [1.165, 1.54) is 4.90 Å². The van der Waals surface area contributed by atoms with Crippen LogP contribution in [0.1, 0.15) is 12.5 Å². The monoisotopic (exact) mass is 416 g/mol. The van der Waals surface area contributed by atoms with Crippen LogP contribution in [0.4, 0.5) is 0 Å². The molecule has 0 radical (unpaired) electrons. The first-order chi connectivity index (χ1) is 13.9. The van der Waals surface area contributed by atoms with Crippen molar-refractivity contribution < 1.29 is 54.2 Å². The zero-order valence-electron chi connectivity index (χ0n) is 16.9. The van der Waals surface area contributed by atoms with Crippen LogP contribution in [0.15, 0.2) is 65.9 Å². The third-order valence-electron chi connectivity index (χ3n) is 4.77. The molecule has 1 aliphatic heterocycles. The van der Waals surface area contributed by atoms with Crippen LogP contribution in [0.25, 0.3) is 11.1 Å². The number of carbonyl (C=O) groups excluding carboxylic acids is 3. The number of nitrogens with one attached hydrogen (secondary N) is 1. The first kappa shape index (κ1) is 23.7. The van der Waals surface area contributed by atoms with Crippen LogP contribution in [0.2, 0.25) is 0 Å². The molecular formula is C22H21N2NaO5. The number of aliphatic hydroxyl groups is 1. The van der Waals surface area contributed by atoms with E-state index in [2.05, 4.69) is 5.32 Å². The third kappa shape index (κ3) is 5.50. The zero-order valence-corrected chi connectivity index (χ0v) is 18.9. The summed E-state index contributed by atoms with van der Waals surface area (Å²) in [5.41, 5.74) is 2.58. The summed E-state index contributed by atoms with van der Waals surface area (Å²) in [4.78, 5) is 37.0. The van der Waals surface area contributed by atoms with Crippen LogP contribution >= 0.6 is 0 Å². The summed E-state index contributed by atoms with van der Waals surface area (Å²) in [5.74, 6) is -3.82. The topological polar surface area (TPSA) is 110 Å². The van der Waals surface area contributed by atoms with Gasteiger partial charge in [-0.05, 0) is 16.7 Å². The molecule has 0 fully saturated rings. The Balaban J connectivity index is 0.00000320. The van der Waals surface area contributed by atoms with E-state index < -0.39 is 35.8 Å². The Labute approximate surface area is 196 Å². The van der Waals surface area contributed by atoms with Gasteiger partial charge in [-0.25, -0.2) is 0 Å². The summed E-state index contributed by atoms with van der Waals surface area (Å²) >= 11 is 0. The van der Waals surface area contributed by atoms with E-state index in [4.69, 9.17) is 0 Å². The fourth-order valence-electron chi connectivity index (χ4n) is 3.26. The van der Waals surface area contributed by atoms with E-state index in [0.29, 0.717) is 0 Å². The second-order valence-electron chi connectivity index (χ2n) is 6.96. The fraction of sp³-hybridized carbons (Fsp3) is 0.227. The van der Waals surface area contributed by atoms with Crippen LogP contribution < -0.4 is 40.0 Å². The zero-order chi connectivity index (χ0) is 21.0. The Hall–Kier alpha value is -2.61. The Morgan fingerprint density at radius 1 is 1.10 bits per heavy atom. The van der Waals surface area contributed by atoms with Gasteiger partial charge in [0.2, 0.25) is 0 Å². The van der Waals surface area contributed by atoms with Crippen LogP contribution in [-0.4, -0.2) is 40.9 Å². The van der Waals surface area contributed by atoms with E-state index in [0.717, 1.165) is 16.7 Å². The number of nitrogens with zero attached hydrogens (tertiary/aromatic N) is 1. The summed E-state index contributed by atoms with van der Waals surface area (Å²) in [7, 11) is 0. The minimum atomic E-state index is -1.48. The standard InChI is InChI=1S/C22H22N2O5.Na/c1-14-12-24(22(29)19(20(14)27)21(28)23-11-18(25)26)13-15-7-9-17(10-8-15)16-5-3-2-4-6-16;/h2-10,14,27H,11-13H2,1H3,(H,23,28)(H,25,26);/q;+1/p-1/t14-;/m0./s1. The molecule has 8 heteroatoms. The molecule has 30 heavy (non-hydrogen) atoms. The summed E-state index contributed by atoms with van der Waals surface area (Å²) in [6.07, 6.45) is 0. The number of carboxylic acids is 1. The minimum Gasteiger partial charge on any atom is -0.548 e. The number of hydrogen-bond donors (Lipinski definition) is 2. The molecule has 0 saturated heterocycles. The molecule has 0 aliphatic carbocycles. The van der Waals surface area contributed by atoms with Gasteiger partial charge in [0.1, 0.15) is 11.3 Å². The minimum absolute atomic E-state index is 0. The van der Waals surface area contributed by atoms with Gasteiger partial charge >= 0.3 is 29.6 Å². The van der Waals surface area contributed by atoms with Crippen LogP contribution in [0, 0.1) is 5.92 Å². The van der Waals surface area contributed by atoms with Gasteiger partial charge in [0, 0.05) is 19.0 Å². The number of aliphatic hydroxyl groups excluding tert-OH is 1. The Morgan fingerprint density at radius 3 is 2.30 bits per heavy atom. The molecular weight excluding hydrogens is 395 g/mol. The number of benzene rings is 2. The average Bonchev–Trinajstić information content (AvgIpc) is 2.72. The van der Waals surface area contributed by atoms with Gasteiger partial charge in [0.15, 0.2) is 0 Å². The van der Waals surface area contributed by atoms with Crippen LogP contribution in [0.3, 0.4) is 0 Å². The molecule has 2 aromatic carbocycles. The summed E-state index contributed by atoms with van der Waals surface area (Å²) < 4.78 is 0. The van der Waals surface area contributed by atoms with Crippen molar-refractivity contribution in [1.29, 1.82) is 0 Å². The van der Waals surface area contributed by atoms with Crippen molar-refractivity contribution in [2.45, 2.75) is 13.5 Å². The largest absolute Gasteiger partial charge is 1.00 e. The average molecular weight is 416 g/mol. The SMILES string of the molecule is C[C@H]1CN(Cc2ccc(-c3ccccc3)cc2)C(=O)C(C(=O)NCC(=O)[O-])=C1O.[Na+]. The van der Waals surface area contributed by atoms with E-state index >= 15 is 0 Å². The van der Waals surface area contributed by atoms with Crippen molar-refractivity contribution in [2.24, 2.45) is 5.92 Å². The van der Waals surface area contributed by atoms with E-state index in [9.17, 15) is 24.6 Å². The molecule has 7 nitrogen and oxygen atoms in total. The van der Waals surface area contributed by atoms with E-state index in [1.807, 2.05) is 54.6 Å². The number of amides is 2. The third-order valence-corrected chi connectivity index (χ3v) is 4.77. The number of carbonyl (C=O) groups is 3. The van der Waals surface area contributed by atoms with Crippen molar-refractivity contribution in [3.05, 3.63) is 71.5 Å². The second kappa shape index (κ2) is 10.4. The maximum Gasteiger partial charge on any atom is 1.00 e. The fourth-order valence-corrected chi connectivity index (χ4v) is 3.26. The van der Waals surface area contributed by atoms with Gasteiger partial charge in [-0.2, -0.15) is 0 Å². The molecule has 2 N–H and O–H groups in total. The van der Waals surface area contributed by atoms with Crippen molar-refractivity contribution >= 4 is 17.8 Å². The van der Waals surface area contributed by atoms with Gasteiger partial charge in [-0.1, -0.05) is 61.5 Å². The van der Waals surface area contributed by atoms with Gasteiger partial charge in [0.05, 0.1) is 12.5 Å². The molecule has 1 atom stereocenters. The molecule has 3 rings (SSSR count). The molecule has 0 aromatic heterocycles. The van der Waals surface area contributed by atoms with Crippen molar-refractivity contribution in [2.75, 3.05) is 13.1 Å². The molecule has 0 spiro atoms. The molecule has 1 heterocycles. The van der Waals surface area contributed by atoms with Gasteiger partial charge in [-0.3, -0.25) is 9.59 Å². The Kier molecular flexibility index (Phi) is 8.23. The molecule has 150 valence electrons. The molecule has 0 saturated carbocycles. The van der Waals surface area contributed by atoms with E-state index in [1.54, 1.807) is 6.92 Å². The predicted molar refractivity (Wildman–Crippen MR) is 104 cm³/mol. The van der Waals surface area contributed by atoms with Crippen molar-refractivity contribution in [3.8, 4) is 11.1 Å². The van der Waals surface area contributed by atoms with Crippen LogP contribution in [0.5, 0.6) is 0 Å². The number of aliphatic carboxylic acids is 1. The van der Waals surface area contributed by atoms with E-state index in [-0.39, 0.29) is 48.4 Å². The number of hydrogen-bond acceptors (Lipinski definition) is 5. The summed E-state index contributed by atoms with van der Waals surface area (Å²) in [6, 6.07) is 17.6. The first-order valence-corrected chi connectivity index (χ1v) is 9.21. The molecule has 1 aliphatic rings. The van der Waals surface area contributed by atoms with Crippen molar-refractivity contribution in [1.82, 2.24) is 10.2 Å². The predicted octanol–water partition coefficient (Wildman–Crippen LogP) is -1.99.